The molecule has 0 radical (unpaired) electrons. The molecule has 2 fully saturated rings. The maximum absolute atomic E-state index is 5.85. The largest absolute Gasteiger partial charge is 0.378 e. The molecule has 0 amide bonds. The molecule has 2 N–H and O–H groups in total. The lowest BCUT2D eigenvalue weighted by atomic mass is 10.1. The summed E-state index contributed by atoms with van der Waals surface area (Å²) in [6.07, 6.45) is 1.15. The highest BCUT2D eigenvalue weighted by Crippen LogP contribution is 2.39. The van der Waals surface area contributed by atoms with Crippen LogP contribution in [0.15, 0.2) is 24.3 Å². The van der Waals surface area contributed by atoms with Gasteiger partial charge in [0.15, 0.2) is 0 Å². The second kappa shape index (κ2) is 4.07. The van der Waals surface area contributed by atoms with Gasteiger partial charge < -0.3 is 15.4 Å². The summed E-state index contributed by atoms with van der Waals surface area (Å²) in [4.78, 5) is 2.38. The van der Waals surface area contributed by atoms with Gasteiger partial charge in [0.2, 0.25) is 0 Å². The van der Waals surface area contributed by atoms with E-state index in [9.17, 15) is 0 Å². The minimum Gasteiger partial charge on any atom is -0.378 e. The normalized spacial score (nSPS) is 29.2. The third kappa shape index (κ3) is 1.93. The molecule has 0 spiro atoms. The van der Waals surface area contributed by atoms with Crippen molar-refractivity contribution >= 4 is 5.69 Å². The summed E-state index contributed by atoms with van der Waals surface area (Å²) in [6.45, 7) is 3.69. The van der Waals surface area contributed by atoms with Crippen molar-refractivity contribution in [1.29, 1.82) is 0 Å². The number of hydrogen-bond acceptors (Lipinski definition) is 3. The summed E-state index contributed by atoms with van der Waals surface area (Å²) in [5.41, 5.74) is 8.55. The Morgan fingerprint density at radius 2 is 1.75 bits per heavy atom. The van der Waals surface area contributed by atoms with E-state index in [0.29, 0.717) is 12.0 Å². The fourth-order valence-electron chi connectivity index (χ4n) is 2.35. The summed E-state index contributed by atoms with van der Waals surface area (Å²) in [5, 5.41) is 0. The molecule has 16 heavy (non-hydrogen) atoms. The van der Waals surface area contributed by atoms with Gasteiger partial charge in [-0.15, -0.1) is 0 Å². The first-order chi connectivity index (χ1) is 7.84. The molecular formula is C13H18N2O. The first kappa shape index (κ1) is 10.1. The van der Waals surface area contributed by atoms with Crippen LogP contribution in [0.25, 0.3) is 0 Å². The molecule has 1 saturated heterocycles. The van der Waals surface area contributed by atoms with Crippen LogP contribution in [0.5, 0.6) is 0 Å². The second-order valence-corrected chi connectivity index (χ2v) is 4.70. The van der Waals surface area contributed by atoms with Crippen LogP contribution < -0.4 is 10.6 Å². The maximum atomic E-state index is 5.85. The molecule has 3 nitrogen and oxygen atoms in total. The van der Waals surface area contributed by atoms with Gasteiger partial charge in [-0.3, -0.25) is 0 Å². The molecule has 1 heterocycles. The number of rotatable bonds is 2. The molecule has 1 aromatic carbocycles. The average molecular weight is 218 g/mol. The molecule has 2 atom stereocenters. The van der Waals surface area contributed by atoms with Crippen molar-refractivity contribution in [2.24, 2.45) is 5.73 Å². The summed E-state index contributed by atoms with van der Waals surface area (Å²) in [6, 6.07) is 9.27. The van der Waals surface area contributed by atoms with Crippen LogP contribution >= 0.6 is 0 Å². The Morgan fingerprint density at radius 1 is 1.12 bits per heavy atom. The first-order valence-corrected chi connectivity index (χ1v) is 6.03. The minimum absolute atomic E-state index is 0.397. The number of hydrogen-bond donors (Lipinski definition) is 1. The Labute approximate surface area is 96.2 Å². The van der Waals surface area contributed by atoms with Crippen LogP contribution in [0.4, 0.5) is 5.69 Å². The highest BCUT2D eigenvalue weighted by atomic mass is 16.5. The third-order valence-corrected chi connectivity index (χ3v) is 3.54. The zero-order chi connectivity index (χ0) is 11.0. The zero-order valence-electron chi connectivity index (χ0n) is 9.43. The smallest absolute Gasteiger partial charge is 0.0642 e. The topological polar surface area (TPSA) is 38.5 Å². The van der Waals surface area contributed by atoms with Crippen LogP contribution in [0.2, 0.25) is 0 Å². The van der Waals surface area contributed by atoms with Gasteiger partial charge in [-0.1, -0.05) is 12.1 Å². The Morgan fingerprint density at radius 3 is 2.31 bits per heavy atom. The van der Waals surface area contributed by atoms with E-state index in [4.69, 9.17) is 10.5 Å². The lowest BCUT2D eigenvalue weighted by Gasteiger charge is -2.28. The van der Waals surface area contributed by atoms with E-state index < -0.39 is 0 Å². The van der Waals surface area contributed by atoms with Gasteiger partial charge >= 0.3 is 0 Å². The monoisotopic (exact) mass is 218 g/mol. The molecule has 1 saturated carbocycles. The van der Waals surface area contributed by atoms with Crippen molar-refractivity contribution in [3.63, 3.8) is 0 Å². The van der Waals surface area contributed by atoms with Crippen LogP contribution in [0.3, 0.4) is 0 Å². The molecule has 2 unspecified atom stereocenters. The Bertz CT molecular complexity index is 357. The van der Waals surface area contributed by atoms with Gasteiger partial charge in [-0.25, -0.2) is 0 Å². The third-order valence-electron chi connectivity index (χ3n) is 3.54. The summed E-state index contributed by atoms with van der Waals surface area (Å²) < 4.78 is 5.35. The van der Waals surface area contributed by atoms with Crippen LogP contribution in [-0.4, -0.2) is 32.3 Å². The van der Waals surface area contributed by atoms with Crippen molar-refractivity contribution in [3.8, 4) is 0 Å². The van der Waals surface area contributed by atoms with Crippen molar-refractivity contribution in [2.75, 3.05) is 31.2 Å². The van der Waals surface area contributed by atoms with Crippen molar-refractivity contribution in [2.45, 2.75) is 18.4 Å². The summed E-state index contributed by atoms with van der Waals surface area (Å²) >= 11 is 0. The predicted molar refractivity (Wildman–Crippen MR) is 64.8 cm³/mol. The zero-order valence-corrected chi connectivity index (χ0v) is 9.43. The van der Waals surface area contributed by atoms with Gasteiger partial charge in [-0.05, 0) is 24.1 Å². The molecule has 2 aliphatic rings. The van der Waals surface area contributed by atoms with E-state index in [0.717, 1.165) is 32.7 Å². The second-order valence-electron chi connectivity index (χ2n) is 4.70. The number of nitrogens with two attached hydrogens (primary N) is 1. The average Bonchev–Trinajstić information content (AvgIpc) is 3.08. The predicted octanol–water partition coefficient (Wildman–Crippen LogP) is 1.34. The fraction of sp³-hybridized carbons (Fsp3) is 0.538. The van der Waals surface area contributed by atoms with Gasteiger partial charge in [0.25, 0.3) is 0 Å². The van der Waals surface area contributed by atoms with Crippen molar-refractivity contribution in [3.05, 3.63) is 29.8 Å². The number of anilines is 1. The number of benzene rings is 1. The van der Waals surface area contributed by atoms with E-state index in [1.807, 2.05) is 0 Å². The maximum Gasteiger partial charge on any atom is 0.0642 e. The van der Waals surface area contributed by atoms with Gasteiger partial charge in [0, 0.05) is 30.7 Å². The van der Waals surface area contributed by atoms with Gasteiger partial charge in [0.05, 0.1) is 13.2 Å². The van der Waals surface area contributed by atoms with Crippen molar-refractivity contribution < 1.29 is 4.74 Å². The highest BCUT2D eigenvalue weighted by Gasteiger charge is 2.34. The van der Waals surface area contributed by atoms with Crippen LogP contribution in [0.1, 0.15) is 17.9 Å². The molecule has 3 heteroatoms. The van der Waals surface area contributed by atoms with E-state index >= 15 is 0 Å². The van der Waals surface area contributed by atoms with Crippen LogP contribution in [0, 0.1) is 0 Å². The molecule has 1 aliphatic carbocycles. The highest BCUT2D eigenvalue weighted by molar-refractivity contribution is 5.49. The quantitative estimate of drug-likeness (QED) is 0.814. The van der Waals surface area contributed by atoms with Gasteiger partial charge in [-0.2, -0.15) is 0 Å². The fourth-order valence-corrected chi connectivity index (χ4v) is 2.35. The molecule has 1 aliphatic heterocycles. The molecular weight excluding hydrogens is 200 g/mol. The van der Waals surface area contributed by atoms with Crippen molar-refractivity contribution in [1.82, 2.24) is 0 Å². The Hall–Kier alpha value is -1.06. The SMILES string of the molecule is NC1CC1c1ccc(N2CCOCC2)cc1. The molecule has 0 aromatic heterocycles. The lowest BCUT2D eigenvalue weighted by molar-refractivity contribution is 0.122. The number of nitrogens with zero attached hydrogens (tertiary/aromatic N) is 1. The minimum atomic E-state index is 0.397. The molecule has 0 bridgehead atoms. The standard InChI is InChI=1S/C13H18N2O/c14-13-9-12(13)10-1-3-11(4-2-10)15-5-7-16-8-6-15/h1-4,12-13H,5-9,14H2. The summed E-state index contributed by atoms with van der Waals surface area (Å²) in [5.74, 6) is 0.610. The van der Waals surface area contributed by atoms with E-state index in [1.165, 1.54) is 11.3 Å². The molecule has 3 rings (SSSR count). The first-order valence-electron chi connectivity index (χ1n) is 6.03. The van der Waals surface area contributed by atoms with Crippen LogP contribution in [-0.2, 0) is 4.74 Å². The molecule has 86 valence electrons. The Balaban J connectivity index is 1.71. The van der Waals surface area contributed by atoms with Gasteiger partial charge in [0.1, 0.15) is 0 Å². The lowest BCUT2D eigenvalue weighted by Crippen LogP contribution is -2.36. The summed E-state index contributed by atoms with van der Waals surface area (Å²) in [7, 11) is 0. The molecule has 1 aromatic rings. The van der Waals surface area contributed by atoms with E-state index in [1.54, 1.807) is 0 Å². The van der Waals surface area contributed by atoms with E-state index in [2.05, 4.69) is 29.2 Å². The van der Waals surface area contributed by atoms with E-state index in [-0.39, 0.29) is 0 Å². The Kier molecular flexibility index (Phi) is 2.58. The number of morpholine rings is 1. The number of ether oxygens (including phenoxy) is 1.